The van der Waals surface area contributed by atoms with Crippen molar-refractivity contribution in [3.63, 3.8) is 0 Å². The first-order chi connectivity index (χ1) is 9.67. The van der Waals surface area contributed by atoms with Crippen molar-refractivity contribution in [3.8, 4) is 5.75 Å². The number of rotatable bonds is 5. The summed E-state index contributed by atoms with van der Waals surface area (Å²) in [4.78, 5) is 0. The van der Waals surface area contributed by atoms with E-state index in [4.69, 9.17) is 0 Å². The third-order valence-electron chi connectivity index (χ3n) is 4.30. The number of hydrogen-bond donors (Lipinski definition) is 0. The van der Waals surface area contributed by atoms with Gasteiger partial charge in [-0.25, -0.2) is 4.39 Å². The Morgan fingerprint density at radius 2 is 1.77 bits per heavy atom. The van der Waals surface area contributed by atoms with E-state index in [1.165, 1.54) is 6.07 Å². The van der Waals surface area contributed by atoms with Gasteiger partial charge >= 0.3 is 0 Å². The second kappa shape index (κ2) is 10.5. The number of benzene rings is 1. The summed E-state index contributed by atoms with van der Waals surface area (Å²) >= 11 is 0. The minimum Gasteiger partial charge on any atom is -0.663 e. The van der Waals surface area contributed by atoms with Crippen LogP contribution in [0.25, 0.3) is 0 Å². The van der Waals surface area contributed by atoms with Crippen molar-refractivity contribution >= 4 is 0 Å². The molecular weight excluding hydrogens is 360 g/mol. The van der Waals surface area contributed by atoms with E-state index in [1.807, 2.05) is 6.08 Å². The van der Waals surface area contributed by atoms with E-state index in [9.17, 15) is 8.78 Å². The maximum atomic E-state index is 14.0. The molecular formula is C17H21F2OV2-. The molecule has 0 aromatic heterocycles. The molecule has 0 saturated heterocycles. The molecule has 0 N–H and O–H groups in total. The van der Waals surface area contributed by atoms with Gasteiger partial charge in [-0.05, 0) is 62.0 Å². The maximum absolute atomic E-state index is 14.0. The number of hydrogen-bond acceptors (Lipinski definition) is 1. The molecule has 120 valence electrons. The van der Waals surface area contributed by atoms with Crippen molar-refractivity contribution in [2.75, 3.05) is 0 Å². The Morgan fingerprint density at radius 1 is 1.14 bits per heavy atom. The standard InChI is InChI=1S/C17H21F2O.2V/c1-3-4-5-12-6-8-13(9-7-12)14-10-11-15(20-2)17(19)16(14)18;;/h3,10-13H,1-2,4-9H2;;/q-1;;. The summed E-state index contributed by atoms with van der Waals surface area (Å²) in [7, 11) is 3.12. The zero-order valence-electron chi connectivity index (χ0n) is 12.6. The van der Waals surface area contributed by atoms with Gasteiger partial charge in [0.05, 0.1) is 0 Å². The van der Waals surface area contributed by atoms with Crippen LogP contribution in [-0.2, 0) is 37.1 Å². The van der Waals surface area contributed by atoms with Crippen LogP contribution in [-0.4, -0.2) is 0 Å². The van der Waals surface area contributed by atoms with E-state index in [1.54, 1.807) is 6.07 Å². The van der Waals surface area contributed by atoms with Gasteiger partial charge in [-0.3, -0.25) is 0 Å². The molecule has 0 unspecified atom stereocenters. The molecule has 0 atom stereocenters. The number of halogens is 2. The molecule has 0 bridgehead atoms. The first-order valence-electron chi connectivity index (χ1n) is 7.18. The molecule has 1 nitrogen and oxygen atoms in total. The second-order valence-electron chi connectivity index (χ2n) is 5.51. The molecule has 1 saturated carbocycles. The summed E-state index contributed by atoms with van der Waals surface area (Å²) < 4.78 is 32.3. The molecule has 0 spiro atoms. The molecule has 0 amide bonds. The minimum atomic E-state index is -0.925. The molecule has 0 aliphatic heterocycles. The van der Waals surface area contributed by atoms with Crippen molar-refractivity contribution < 1.29 is 50.6 Å². The molecule has 2 radical (unpaired) electrons. The zero-order valence-corrected chi connectivity index (χ0v) is 15.4. The molecule has 1 aromatic rings. The number of allylic oxidation sites excluding steroid dienone is 1. The minimum absolute atomic E-state index is 0. The Labute approximate surface area is 155 Å². The van der Waals surface area contributed by atoms with Gasteiger partial charge < -0.3 is 4.74 Å². The van der Waals surface area contributed by atoms with Gasteiger partial charge in [0.15, 0.2) is 11.6 Å². The quantitative estimate of drug-likeness (QED) is 0.492. The van der Waals surface area contributed by atoms with Crippen molar-refractivity contribution in [1.29, 1.82) is 0 Å². The molecule has 1 fully saturated rings. The largest absolute Gasteiger partial charge is 0.663 e. The van der Waals surface area contributed by atoms with Crippen LogP contribution >= 0.6 is 0 Å². The zero-order chi connectivity index (χ0) is 14.5. The van der Waals surface area contributed by atoms with Crippen LogP contribution in [0.4, 0.5) is 8.78 Å². The average Bonchev–Trinajstić information content (AvgIpc) is 2.48. The van der Waals surface area contributed by atoms with Gasteiger partial charge in [0.2, 0.25) is 0 Å². The molecule has 0 heterocycles. The van der Waals surface area contributed by atoms with E-state index in [-0.39, 0.29) is 48.8 Å². The topological polar surface area (TPSA) is 9.23 Å². The first kappa shape index (κ1) is 21.8. The van der Waals surface area contributed by atoms with Gasteiger partial charge in [-0.1, -0.05) is 12.1 Å². The summed E-state index contributed by atoms with van der Waals surface area (Å²) in [5.74, 6) is -1.03. The van der Waals surface area contributed by atoms with Crippen molar-refractivity contribution in [2.24, 2.45) is 5.92 Å². The third kappa shape index (κ3) is 5.16. The maximum Gasteiger partial charge on any atom is 0.198 e. The van der Waals surface area contributed by atoms with Crippen LogP contribution in [0.1, 0.15) is 50.0 Å². The molecule has 1 aliphatic rings. The van der Waals surface area contributed by atoms with Gasteiger partial charge in [-0.15, -0.1) is 6.58 Å². The van der Waals surface area contributed by atoms with Crippen molar-refractivity contribution in [1.82, 2.24) is 0 Å². The monoisotopic (exact) mass is 381 g/mol. The van der Waals surface area contributed by atoms with E-state index in [0.29, 0.717) is 11.5 Å². The Hall–Kier alpha value is -0.211. The Balaban J connectivity index is 0.00000220. The van der Waals surface area contributed by atoms with Gasteiger partial charge in [0.1, 0.15) is 5.75 Å². The fraction of sp³-hybridized carbons (Fsp3) is 0.471. The van der Waals surface area contributed by atoms with Crippen LogP contribution in [0.3, 0.4) is 0 Å². The predicted molar refractivity (Wildman–Crippen MR) is 76.5 cm³/mol. The van der Waals surface area contributed by atoms with Gasteiger partial charge in [-0.2, -0.15) is 11.5 Å². The van der Waals surface area contributed by atoms with Crippen molar-refractivity contribution in [3.05, 3.63) is 49.1 Å². The Kier molecular flexibility index (Phi) is 10.4. The van der Waals surface area contributed by atoms with Crippen LogP contribution in [0.2, 0.25) is 0 Å². The van der Waals surface area contributed by atoms with Crippen LogP contribution in [0.5, 0.6) is 5.75 Å². The first-order valence-corrected chi connectivity index (χ1v) is 7.18. The molecule has 22 heavy (non-hydrogen) atoms. The van der Waals surface area contributed by atoms with Gasteiger partial charge in [0, 0.05) is 37.1 Å². The molecule has 5 heteroatoms. The average molecular weight is 381 g/mol. The summed E-state index contributed by atoms with van der Waals surface area (Å²) in [6.45, 7) is 3.74. The summed E-state index contributed by atoms with van der Waals surface area (Å²) in [6.07, 6.45) is 8.12. The van der Waals surface area contributed by atoms with Gasteiger partial charge in [0.25, 0.3) is 0 Å². The fourth-order valence-electron chi connectivity index (χ4n) is 3.09. The predicted octanol–water partition coefficient (Wildman–Crippen LogP) is 5.37. The van der Waals surface area contributed by atoms with E-state index in [0.717, 1.165) is 38.5 Å². The van der Waals surface area contributed by atoms with Crippen LogP contribution < -0.4 is 4.74 Å². The summed E-state index contributed by atoms with van der Waals surface area (Å²) in [5, 5.41) is 0. The SMILES string of the molecule is C=CCCC1CCC(c2ccc(O[CH2-])c(F)c2F)CC1.[V].[V]. The number of ether oxygens (including phenoxy) is 1. The molecule has 2 rings (SSSR count). The fourth-order valence-corrected chi connectivity index (χ4v) is 3.09. The van der Waals surface area contributed by atoms with E-state index >= 15 is 0 Å². The summed E-state index contributed by atoms with van der Waals surface area (Å²) in [6, 6.07) is 3.10. The second-order valence-corrected chi connectivity index (χ2v) is 5.51. The van der Waals surface area contributed by atoms with Crippen LogP contribution in [0, 0.1) is 24.7 Å². The third-order valence-corrected chi connectivity index (χ3v) is 4.30. The molecule has 1 aliphatic carbocycles. The summed E-state index contributed by atoms with van der Waals surface area (Å²) in [5.41, 5.74) is 0.477. The normalized spacial score (nSPS) is 20.5. The van der Waals surface area contributed by atoms with E-state index in [2.05, 4.69) is 18.4 Å². The van der Waals surface area contributed by atoms with Crippen LogP contribution in [0.15, 0.2) is 24.8 Å². The smallest absolute Gasteiger partial charge is 0.198 e. The van der Waals surface area contributed by atoms with Crippen molar-refractivity contribution in [2.45, 2.75) is 44.4 Å². The van der Waals surface area contributed by atoms with E-state index < -0.39 is 11.6 Å². The Bertz CT molecular complexity index is 472. The molecule has 1 aromatic carbocycles. The Morgan fingerprint density at radius 3 is 2.32 bits per heavy atom.